The number of esters is 1. The summed E-state index contributed by atoms with van der Waals surface area (Å²) in [6.45, 7) is 7.08. The normalized spacial score (nSPS) is 22.1. The Morgan fingerprint density at radius 2 is 2.43 bits per heavy atom. The van der Waals surface area contributed by atoms with Crippen LogP contribution in [0.4, 0.5) is 0 Å². The predicted octanol–water partition coefficient (Wildman–Crippen LogP) is 2.31. The van der Waals surface area contributed by atoms with Gasteiger partial charge in [0.1, 0.15) is 5.76 Å². The third-order valence-corrected chi connectivity index (χ3v) is 1.68. The van der Waals surface area contributed by atoms with Crippen LogP contribution in [0.25, 0.3) is 0 Å². The van der Waals surface area contributed by atoms with E-state index in [0.29, 0.717) is 5.76 Å². The Labute approximate surface area is 83.7 Å². The monoisotopic (exact) mass is 194 g/mol. The van der Waals surface area contributed by atoms with Crippen LogP contribution in [0, 0.1) is 0 Å². The molecule has 1 rings (SSSR count). The molecular formula is C11H14O3. The first kappa shape index (κ1) is 10.6. The van der Waals surface area contributed by atoms with E-state index in [2.05, 4.69) is 6.58 Å². The molecule has 1 unspecified atom stereocenters. The summed E-state index contributed by atoms with van der Waals surface area (Å²) < 4.78 is 10.2. The number of carbonyl (C=O) groups is 1. The summed E-state index contributed by atoms with van der Waals surface area (Å²) in [6, 6.07) is 0. The Morgan fingerprint density at radius 1 is 1.71 bits per heavy atom. The lowest BCUT2D eigenvalue weighted by Gasteiger charge is -2.09. The average Bonchev–Trinajstić information content (AvgIpc) is 2.47. The molecule has 0 saturated heterocycles. The van der Waals surface area contributed by atoms with Crippen LogP contribution in [0.15, 0.2) is 36.3 Å². The van der Waals surface area contributed by atoms with E-state index in [0.717, 1.165) is 12.0 Å². The maximum absolute atomic E-state index is 10.7. The van der Waals surface area contributed by atoms with Crippen LogP contribution < -0.4 is 0 Å². The second kappa shape index (κ2) is 4.65. The Kier molecular flexibility index (Phi) is 3.51. The number of ether oxygens (including phenoxy) is 2. The van der Waals surface area contributed by atoms with Crippen molar-refractivity contribution < 1.29 is 14.3 Å². The van der Waals surface area contributed by atoms with Gasteiger partial charge in [-0.25, -0.2) is 0 Å². The van der Waals surface area contributed by atoms with Crippen molar-refractivity contribution in [1.29, 1.82) is 0 Å². The molecule has 1 aliphatic heterocycles. The van der Waals surface area contributed by atoms with Gasteiger partial charge in [0.2, 0.25) is 0 Å². The molecule has 3 heteroatoms. The van der Waals surface area contributed by atoms with Gasteiger partial charge in [0.15, 0.2) is 6.10 Å². The largest absolute Gasteiger partial charge is 0.466 e. The molecule has 1 heterocycles. The molecular weight excluding hydrogens is 180 g/mol. The molecule has 0 saturated carbocycles. The molecule has 1 aliphatic rings. The van der Waals surface area contributed by atoms with Gasteiger partial charge in [-0.05, 0) is 25.5 Å². The summed E-state index contributed by atoms with van der Waals surface area (Å²) in [4.78, 5) is 10.7. The number of allylic oxidation sites excluding steroid dienone is 2. The fourth-order valence-electron chi connectivity index (χ4n) is 1.07. The average molecular weight is 194 g/mol. The lowest BCUT2D eigenvalue weighted by molar-refractivity contribution is -0.143. The van der Waals surface area contributed by atoms with Crippen LogP contribution in [-0.2, 0) is 14.3 Å². The molecule has 76 valence electrons. The van der Waals surface area contributed by atoms with Crippen LogP contribution in [0.5, 0.6) is 0 Å². The van der Waals surface area contributed by atoms with E-state index in [4.69, 9.17) is 9.47 Å². The highest BCUT2D eigenvalue weighted by atomic mass is 16.6. The van der Waals surface area contributed by atoms with Gasteiger partial charge in [0.05, 0.1) is 6.26 Å². The maximum atomic E-state index is 10.7. The van der Waals surface area contributed by atoms with E-state index in [-0.39, 0.29) is 12.1 Å². The van der Waals surface area contributed by atoms with Crippen molar-refractivity contribution in [3.05, 3.63) is 36.3 Å². The van der Waals surface area contributed by atoms with Crippen molar-refractivity contribution in [3.8, 4) is 0 Å². The van der Waals surface area contributed by atoms with Crippen molar-refractivity contribution in [2.45, 2.75) is 26.4 Å². The quantitative estimate of drug-likeness (QED) is 0.511. The number of rotatable bonds is 3. The molecule has 0 aromatic rings. The van der Waals surface area contributed by atoms with Crippen LogP contribution >= 0.6 is 0 Å². The van der Waals surface area contributed by atoms with E-state index in [1.54, 1.807) is 6.08 Å². The zero-order valence-corrected chi connectivity index (χ0v) is 8.45. The SMILES string of the molecule is C=C(C)CC=C1OC=CC1OC(C)=O. The molecule has 0 aromatic heterocycles. The van der Waals surface area contributed by atoms with Gasteiger partial charge in [-0.15, -0.1) is 0 Å². The van der Waals surface area contributed by atoms with Gasteiger partial charge in [0, 0.05) is 6.92 Å². The predicted molar refractivity (Wildman–Crippen MR) is 53.3 cm³/mol. The number of hydrogen-bond donors (Lipinski definition) is 0. The molecule has 0 radical (unpaired) electrons. The first-order valence-corrected chi connectivity index (χ1v) is 4.44. The van der Waals surface area contributed by atoms with Crippen molar-refractivity contribution in [3.63, 3.8) is 0 Å². The molecule has 1 atom stereocenters. The zero-order chi connectivity index (χ0) is 10.6. The molecule has 3 nitrogen and oxygen atoms in total. The minimum Gasteiger partial charge on any atom is -0.466 e. The maximum Gasteiger partial charge on any atom is 0.303 e. The summed E-state index contributed by atoms with van der Waals surface area (Å²) in [5.41, 5.74) is 1.04. The summed E-state index contributed by atoms with van der Waals surface area (Å²) in [6.07, 6.45) is 5.46. The van der Waals surface area contributed by atoms with E-state index in [9.17, 15) is 4.79 Å². The number of carbonyl (C=O) groups excluding carboxylic acids is 1. The van der Waals surface area contributed by atoms with Gasteiger partial charge in [0.25, 0.3) is 0 Å². The fraction of sp³-hybridized carbons (Fsp3) is 0.364. The van der Waals surface area contributed by atoms with Crippen molar-refractivity contribution in [2.24, 2.45) is 0 Å². The summed E-state index contributed by atoms with van der Waals surface area (Å²) >= 11 is 0. The molecule has 0 fully saturated rings. The first-order valence-electron chi connectivity index (χ1n) is 4.44. The van der Waals surface area contributed by atoms with Crippen molar-refractivity contribution in [1.82, 2.24) is 0 Å². The summed E-state index contributed by atoms with van der Waals surface area (Å²) in [5, 5.41) is 0. The van der Waals surface area contributed by atoms with Gasteiger partial charge in [-0.1, -0.05) is 12.2 Å². The highest BCUT2D eigenvalue weighted by molar-refractivity contribution is 5.66. The zero-order valence-electron chi connectivity index (χ0n) is 8.45. The molecule has 0 aliphatic carbocycles. The molecule has 14 heavy (non-hydrogen) atoms. The third kappa shape index (κ3) is 3.09. The molecule has 0 aromatic carbocycles. The summed E-state index contributed by atoms with van der Waals surface area (Å²) in [5.74, 6) is 0.342. The topological polar surface area (TPSA) is 35.5 Å². The van der Waals surface area contributed by atoms with Crippen LogP contribution in [0.3, 0.4) is 0 Å². The highest BCUT2D eigenvalue weighted by Gasteiger charge is 2.19. The van der Waals surface area contributed by atoms with Gasteiger partial charge in [-0.3, -0.25) is 4.79 Å². The summed E-state index contributed by atoms with van der Waals surface area (Å²) in [7, 11) is 0. The van der Waals surface area contributed by atoms with E-state index in [1.165, 1.54) is 13.2 Å². The lowest BCUT2D eigenvalue weighted by Crippen LogP contribution is -2.13. The van der Waals surface area contributed by atoms with Gasteiger partial charge in [-0.2, -0.15) is 0 Å². The van der Waals surface area contributed by atoms with Crippen LogP contribution in [-0.4, -0.2) is 12.1 Å². The standard InChI is InChI=1S/C11H14O3/c1-8(2)4-5-10-11(6-7-13-10)14-9(3)12/h5-7,11H,1,4H2,2-3H3. The Morgan fingerprint density at radius 3 is 3.00 bits per heavy atom. The van der Waals surface area contributed by atoms with E-state index >= 15 is 0 Å². The molecule has 0 amide bonds. The van der Waals surface area contributed by atoms with Crippen LogP contribution in [0.1, 0.15) is 20.3 Å². The third-order valence-electron chi connectivity index (χ3n) is 1.68. The Hall–Kier alpha value is -1.51. The minimum atomic E-state index is -0.369. The van der Waals surface area contributed by atoms with E-state index < -0.39 is 0 Å². The van der Waals surface area contributed by atoms with Crippen LogP contribution in [0.2, 0.25) is 0 Å². The number of hydrogen-bond acceptors (Lipinski definition) is 3. The second-order valence-corrected chi connectivity index (χ2v) is 3.24. The fourth-order valence-corrected chi connectivity index (χ4v) is 1.07. The second-order valence-electron chi connectivity index (χ2n) is 3.24. The van der Waals surface area contributed by atoms with Crippen molar-refractivity contribution >= 4 is 5.97 Å². The highest BCUT2D eigenvalue weighted by Crippen LogP contribution is 2.19. The first-order chi connectivity index (χ1) is 6.59. The molecule has 0 spiro atoms. The lowest BCUT2D eigenvalue weighted by atomic mass is 10.2. The Bertz CT molecular complexity index is 300. The smallest absolute Gasteiger partial charge is 0.303 e. The van der Waals surface area contributed by atoms with Crippen molar-refractivity contribution in [2.75, 3.05) is 0 Å². The van der Waals surface area contributed by atoms with E-state index in [1.807, 2.05) is 13.0 Å². The van der Waals surface area contributed by atoms with Gasteiger partial charge < -0.3 is 9.47 Å². The Balaban J connectivity index is 2.57. The minimum absolute atomic E-state index is 0.314. The van der Waals surface area contributed by atoms with Gasteiger partial charge >= 0.3 is 5.97 Å². The molecule has 0 N–H and O–H groups in total. The molecule has 0 bridgehead atoms.